The van der Waals surface area contributed by atoms with Crippen LogP contribution in [-0.2, 0) is 0 Å². The molecule has 10 aromatic carbocycles. The smallest absolute Gasteiger partial charge is 0.162 e. The van der Waals surface area contributed by atoms with E-state index >= 15 is 0 Å². The van der Waals surface area contributed by atoms with Crippen LogP contribution in [0.25, 0.3) is 87.0 Å². The number of fused-ring (bicyclic) bond motifs is 6. The first kappa shape index (κ1) is 39.1. The summed E-state index contributed by atoms with van der Waals surface area (Å²) in [5.74, 6) is 2.22. The van der Waals surface area contributed by atoms with Gasteiger partial charge in [0.05, 0.1) is 11.4 Å². The second kappa shape index (κ2) is 16.3. The number of pyridine rings is 2. The Balaban J connectivity index is 1.16. The number of hydrogen-bond donors (Lipinski definition) is 0. The average molecular weight is 869 g/mol. The molecule has 0 bridgehead atoms. The first-order valence-electron chi connectivity index (χ1n) is 22.9. The minimum Gasteiger partial charge on any atom is -0.294 e. The molecule has 0 aliphatic carbocycles. The summed E-state index contributed by atoms with van der Waals surface area (Å²) in [6.07, 6.45) is 3.69. The lowest BCUT2D eigenvalue weighted by molar-refractivity contribution is 1.03. The fourth-order valence-corrected chi connectivity index (χ4v) is 10.1. The van der Waals surface area contributed by atoms with Crippen molar-refractivity contribution in [3.8, 4) is 22.3 Å². The van der Waals surface area contributed by atoms with E-state index in [0.717, 1.165) is 105 Å². The molecule has 68 heavy (non-hydrogen) atoms. The van der Waals surface area contributed by atoms with Crippen LogP contribution in [-0.4, -0.2) is 20.2 Å². The standard InChI is InChI=1S/C62H40N6/c1-3-19-45-37-47(31-29-41(45)15-1)60-52-34-33-49(67(57-27-9-11-35-63-57)55-25-13-21-43-17-5-7-23-50(43)55)39-53(52)61(48-32-30-42-16-2-4-20-46(42)38-48)62-54(60)40-59(65-66-62)68(58-28-10-12-36-64-58)56-26-14-22-44-18-6-8-24-51(44)56/h1-40H. The van der Waals surface area contributed by atoms with Crippen LogP contribution < -0.4 is 9.80 Å². The predicted molar refractivity (Wildman–Crippen MR) is 283 cm³/mol. The van der Waals surface area contributed by atoms with Crippen molar-refractivity contribution in [2.45, 2.75) is 0 Å². The molecule has 0 aliphatic rings. The van der Waals surface area contributed by atoms with Crippen molar-refractivity contribution in [1.82, 2.24) is 20.2 Å². The van der Waals surface area contributed by atoms with E-state index in [0.29, 0.717) is 5.82 Å². The number of hydrogen-bond acceptors (Lipinski definition) is 6. The summed E-state index contributed by atoms with van der Waals surface area (Å²) in [7, 11) is 0. The van der Waals surface area contributed by atoms with Crippen LogP contribution in [0.3, 0.4) is 0 Å². The molecule has 13 aromatic rings. The Morgan fingerprint density at radius 2 is 0.794 bits per heavy atom. The normalized spacial score (nSPS) is 11.5. The van der Waals surface area contributed by atoms with Crippen LogP contribution in [0.1, 0.15) is 0 Å². The molecule has 6 nitrogen and oxygen atoms in total. The van der Waals surface area contributed by atoms with Gasteiger partial charge in [0.15, 0.2) is 5.82 Å². The SMILES string of the molecule is c1ccc(N(c2ccc3c(-c4ccc5ccccc5c4)c4cc(N(c5ccccn5)c5cccc6ccccc56)nnc4c(-c4ccc5ccccc5c4)c3c2)c2cccc3ccccc23)nc1. The van der Waals surface area contributed by atoms with Gasteiger partial charge < -0.3 is 0 Å². The second-order valence-corrected chi connectivity index (χ2v) is 17.1. The number of anilines is 6. The van der Waals surface area contributed by atoms with E-state index in [1.165, 1.54) is 10.8 Å². The Morgan fingerprint density at radius 3 is 1.40 bits per heavy atom. The van der Waals surface area contributed by atoms with Crippen LogP contribution in [0.2, 0.25) is 0 Å². The van der Waals surface area contributed by atoms with E-state index in [-0.39, 0.29) is 0 Å². The van der Waals surface area contributed by atoms with E-state index in [9.17, 15) is 0 Å². The lowest BCUT2D eigenvalue weighted by Crippen LogP contribution is -2.14. The zero-order valence-corrected chi connectivity index (χ0v) is 36.8. The van der Waals surface area contributed by atoms with Crippen molar-refractivity contribution in [2.24, 2.45) is 0 Å². The van der Waals surface area contributed by atoms with Crippen molar-refractivity contribution < 1.29 is 0 Å². The summed E-state index contributed by atoms with van der Waals surface area (Å²) in [5.41, 5.74) is 7.97. The van der Waals surface area contributed by atoms with E-state index in [1.54, 1.807) is 0 Å². The number of benzene rings is 10. The molecule has 0 radical (unpaired) electrons. The molecule has 0 N–H and O–H groups in total. The molecule has 3 heterocycles. The van der Waals surface area contributed by atoms with E-state index in [1.807, 2.05) is 42.7 Å². The molecule has 0 amide bonds. The van der Waals surface area contributed by atoms with Gasteiger partial charge in [-0.25, -0.2) is 9.97 Å². The van der Waals surface area contributed by atoms with Gasteiger partial charge in [-0.05, 0) is 127 Å². The van der Waals surface area contributed by atoms with Gasteiger partial charge in [0.2, 0.25) is 0 Å². The highest BCUT2D eigenvalue weighted by Crippen LogP contribution is 2.48. The minimum absolute atomic E-state index is 0.660. The highest BCUT2D eigenvalue weighted by molar-refractivity contribution is 6.22. The number of rotatable bonds is 8. The summed E-state index contributed by atoms with van der Waals surface area (Å²) >= 11 is 0. The van der Waals surface area contributed by atoms with Crippen molar-refractivity contribution in [3.63, 3.8) is 0 Å². The third kappa shape index (κ3) is 6.66. The monoisotopic (exact) mass is 868 g/mol. The van der Waals surface area contributed by atoms with Crippen molar-refractivity contribution in [3.05, 3.63) is 243 Å². The summed E-state index contributed by atoms with van der Waals surface area (Å²) in [4.78, 5) is 14.3. The fourth-order valence-electron chi connectivity index (χ4n) is 10.1. The Kier molecular flexibility index (Phi) is 9.39. The van der Waals surface area contributed by atoms with Gasteiger partial charge in [0, 0.05) is 39.8 Å². The predicted octanol–water partition coefficient (Wildman–Crippen LogP) is 16.5. The summed E-state index contributed by atoms with van der Waals surface area (Å²) < 4.78 is 0. The Labute approximate surface area is 392 Å². The van der Waals surface area contributed by atoms with Gasteiger partial charge in [0.1, 0.15) is 17.2 Å². The molecule has 0 fully saturated rings. The molecule has 0 unspecified atom stereocenters. The maximum atomic E-state index is 5.37. The van der Waals surface area contributed by atoms with E-state index < -0.39 is 0 Å². The average Bonchev–Trinajstić information content (AvgIpc) is 3.41. The summed E-state index contributed by atoms with van der Waals surface area (Å²) in [5, 5.41) is 22.9. The van der Waals surface area contributed by atoms with Crippen LogP contribution in [0.5, 0.6) is 0 Å². The zero-order valence-electron chi connectivity index (χ0n) is 36.8. The third-order valence-electron chi connectivity index (χ3n) is 13.2. The molecule has 0 aliphatic heterocycles. The molecule has 13 rings (SSSR count). The van der Waals surface area contributed by atoms with Gasteiger partial charge in [0.25, 0.3) is 0 Å². The van der Waals surface area contributed by atoms with Crippen molar-refractivity contribution in [1.29, 1.82) is 0 Å². The lowest BCUT2D eigenvalue weighted by atomic mass is 9.86. The number of nitrogens with zero attached hydrogens (tertiary/aromatic N) is 6. The van der Waals surface area contributed by atoms with Crippen LogP contribution >= 0.6 is 0 Å². The van der Waals surface area contributed by atoms with Gasteiger partial charge in [-0.15, -0.1) is 10.2 Å². The van der Waals surface area contributed by atoms with Crippen molar-refractivity contribution >= 4 is 99.3 Å². The molecule has 0 saturated carbocycles. The maximum Gasteiger partial charge on any atom is 0.162 e. The molecule has 6 heteroatoms. The van der Waals surface area contributed by atoms with E-state index in [4.69, 9.17) is 20.2 Å². The highest BCUT2D eigenvalue weighted by Gasteiger charge is 2.25. The van der Waals surface area contributed by atoms with Gasteiger partial charge in [-0.2, -0.15) is 0 Å². The number of aromatic nitrogens is 4. The summed E-state index contributed by atoms with van der Waals surface area (Å²) in [6.45, 7) is 0. The maximum absolute atomic E-state index is 5.37. The van der Waals surface area contributed by atoms with Crippen LogP contribution in [0.15, 0.2) is 243 Å². The van der Waals surface area contributed by atoms with Gasteiger partial charge >= 0.3 is 0 Å². The summed E-state index contributed by atoms with van der Waals surface area (Å²) in [6, 6.07) is 81.6. The Hall–Kier alpha value is -9.26. The third-order valence-corrected chi connectivity index (χ3v) is 13.2. The molecule has 3 aromatic heterocycles. The molecule has 0 spiro atoms. The van der Waals surface area contributed by atoms with Crippen LogP contribution in [0.4, 0.5) is 34.5 Å². The van der Waals surface area contributed by atoms with Crippen LogP contribution in [0, 0.1) is 0 Å². The molecule has 0 atom stereocenters. The fraction of sp³-hybridized carbons (Fsp3) is 0. The first-order chi connectivity index (χ1) is 33.7. The quantitative estimate of drug-likeness (QED) is 0.142. The van der Waals surface area contributed by atoms with Crippen molar-refractivity contribution in [2.75, 3.05) is 9.80 Å². The first-order valence-corrected chi connectivity index (χ1v) is 22.9. The Morgan fingerprint density at radius 1 is 0.279 bits per heavy atom. The topological polar surface area (TPSA) is 58.0 Å². The zero-order chi connectivity index (χ0) is 45.0. The van der Waals surface area contributed by atoms with Gasteiger partial charge in [-0.1, -0.05) is 164 Å². The molecule has 0 saturated heterocycles. The molecular formula is C62H40N6. The largest absolute Gasteiger partial charge is 0.294 e. The highest BCUT2D eigenvalue weighted by atomic mass is 15.3. The van der Waals surface area contributed by atoms with E-state index in [2.05, 4.69) is 210 Å². The lowest BCUT2D eigenvalue weighted by Gasteiger charge is -2.27. The molecule has 318 valence electrons. The Bertz CT molecular complexity index is 3780. The minimum atomic E-state index is 0.660. The van der Waals surface area contributed by atoms with Gasteiger partial charge in [-0.3, -0.25) is 9.80 Å². The molecular weight excluding hydrogens is 829 g/mol. The second-order valence-electron chi connectivity index (χ2n) is 17.1.